The number of para-hydroxylation sites is 2. The normalized spacial score (nSPS) is 16.9. The predicted molar refractivity (Wildman–Crippen MR) is 125 cm³/mol. The highest BCUT2D eigenvalue weighted by Crippen LogP contribution is 2.35. The summed E-state index contributed by atoms with van der Waals surface area (Å²) in [5.74, 6) is -0.626. The SMILES string of the molecule is O=C(C[C@H]1SC(=Nc2ccccc2)N(c2ccccc2)C1=O)Nc1ccc(OC(F)F)cc1. The lowest BCUT2D eigenvalue weighted by molar-refractivity contribution is -0.121. The third-order valence-electron chi connectivity index (χ3n) is 4.66. The minimum Gasteiger partial charge on any atom is -0.435 e. The van der Waals surface area contributed by atoms with Gasteiger partial charge in [0.2, 0.25) is 11.8 Å². The first kappa shape index (κ1) is 22.5. The molecule has 0 radical (unpaired) electrons. The van der Waals surface area contributed by atoms with E-state index >= 15 is 0 Å². The molecule has 0 aliphatic carbocycles. The maximum Gasteiger partial charge on any atom is 0.387 e. The Morgan fingerprint density at radius 1 is 1.00 bits per heavy atom. The van der Waals surface area contributed by atoms with Gasteiger partial charge in [-0.2, -0.15) is 8.78 Å². The Morgan fingerprint density at radius 3 is 2.27 bits per heavy atom. The zero-order chi connectivity index (χ0) is 23.2. The van der Waals surface area contributed by atoms with Gasteiger partial charge in [-0.05, 0) is 48.5 Å². The molecule has 0 unspecified atom stereocenters. The molecule has 1 heterocycles. The molecule has 0 bridgehead atoms. The number of alkyl halides is 2. The molecule has 3 aromatic carbocycles. The molecule has 0 aromatic heterocycles. The van der Waals surface area contributed by atoms with E-state index in [1.165, 1.54) is 40.9 Å². The number of halogens is 2. The van der Waals surface area contributed by atoms with Gasteiger partial charge >= 0.3 is 6.61 Å². The van der Waals surface area contributed by atoms with Crippen molar-refractivity contribution in [2.24, 2.45) is 4.99 Å². The van der Waals surface area contributed by atoms with Gasteiger partial charge in [0.15, 0.2) is 5.17 Å². The number of aliphatic imine (C=N–C) groups is 1. The number of thioether (sulfide) groups is 1. The highest BCUT2D eigenvalue weighted by molar-refractivity contribution is 8.16. The van der Waals surface area contributed by atoms with Gasteiger partial charge in [-0.3, -0.25) is 14.5 Å². The largest absolute Gasteiger partial charge is 0.435 e. The molecule has 6 nitrogen and oxygen atoms in total. The third kappa shape index (κ3) is 5.75. The van der Waals surface area contributed by atoms with Crippen LogP contribution in [0.2, 0.25) is 0 Å². The number of rotatable bonds is 7. The second-order valence-corrected chi connectivity index (χ2v) is 8.17. The summed E-state index contributed by atoms with van der Waals surface area (Å²) in [4.78, 5) is 31.9. The van der Waals surface area contributed by atoms with Crippen molar-refractivity contribution in [3.8, 4) is 5.75 Å². The topological polar surface area (TPSA) is 71.0 Å². The Bertz CT molecular complexity index is 1140. The fourth-order valence-corrected chi connectivity index (χ4v) is 4.36. The van der Waals surface area contributed by atoms with Crippen LogP contribution in [0.25, 0.3) is 0 Å². The van der Waals surface area contributed by atoms with Crippen molar-refractivity contribution in [2.45, 2.75) is 18.3 Å². The van der Waals surface area contributed by atoms with E-state index in [0.29, 0.717) is 22.2 Å². The molecule has 1 N–H and O–H groups in total. The number of anilines is 2. The van der Waals surface area contributed by atoms with Crippen LogP contribution >= 0.6 is 11.8 Å². The number of amidine groups is 1. The Morgan fingerprint density at radius 2 is 1.64 bits per heavy atom. The molecular formula is C24H19F2N3O3S. The number of nitrogens with one attached hydrogen (secondary N) is 1. The second-order valence-electron chi connectivity index (χ2n) is 7.00. The van der Waals surface area contributed by atoms with Gasteiger partial charge < -0.3 is 10.1 Å². The van der Waals surface area contributed by atoms with Crippen molar-refractivity contribution in [1.82, 2.24) is 0 Å². The molecule has 33 heavy (non-hydrogen) atoms. The van der Waals surface area contributed by atoms with E-state index in [-0.39, 0.29) is 24.0 Å². The Balaban J connectivity index is 1.49. The van der Waals surface area contributed by atoms with Gasteiger partial charge in [0.1, 0.15) is 11.0 Å². The van der Waals surface area contributed by atoms with Crippen LogP contribution < -0.4 is 15.0 Å². The van der Waals surface area contributed by atoms with E-state index in [9.17, 15) is 18.4 Å². The summed E-state index contributed by atoms with van der Waals surface area (Å²) >= 11 is 1.23. The molecule has 1 saturated heterocycles. The Kier molecular flexibility index (Phi) is 6.99. The van der Waals surface area contributed by atoms with Gasteiger partial charge in [0, 0.05) is 12.1 Å². The van der Waals surface area contributed by atoms with Crippen LogP contribution in [0, 0.1) is 0 Å². The van der Waals surface area contributed by atoms with Crippen molar-refractivity contribution >= 4 is 45.8 Å². The average molecular weight is 467 g/mol. The van der Waals surface area contributed by atoms with Crippen molar-refractivity contribution in [3.05, 3.63) is 84.9 Å². The summed E-state index contributed by atoms with van der Waals surface area (Å²) in [6, 6.07) is 24.0. The lowest BCUT2D eigenvalue weighted by atomic mass is 10.2. The molecule has 168 valence electrons. The van der Waals surface area contributed by atoms with Crippen LogP contribution in [-0.4, -0.2) is 28.8 Å². The number of nitrogens with zero attached hydrogens (tertiary/aromatic N) is 2. The Hall–Kier alpha value is -3.72. The summed E-state index contributed by atoms with van der Waals surface area (Å²) in [7, 11) is 0. The van der Waals surface area contributed by atoms with Gasteiger partial charge in [-0.1, -0.05) is 48.2 Å². The number of hydrogen-bond acceptors (Lipinski definition) is 5. The van der Waals surface area contributed by atoms with Crippen LogP contribution in [0.15, 0.2) is 89.9 Å². The lowest BCUT2D eigenvalue weighted by Gasteiger charge is -2.16. The quantitative estimate of drug-likeness (QED) is 0.501. The summed E-state index contributed by atoms with van der Waals surface area (Å²) < 4.78 is 28.9. The molecule has 2 amide bonds. The third-order valence-corrected chi connectivity index (χ3v) is 5.80. The molecule has 0 saturated carbocycles. The van der Waals surface area contributed by atoms with E-state index in [2.05, 4.69) is 15.0 Å². The molecule has 1 aliphatic heterocycles. The first-order valence-corrected chi connectivity index (χ1v) is 10.9. The molecule has 0 spiro atoms. The molecule has 1 fully saturated rings. The van der Waals surface area contributed by atoms with Crippen molar-refractivity contribution in [1.29, 1.82) is 0 Å². The number of ether oxygens (including phenoxy) is 1. The summed E-state index contributed by atoms with van der Waals surface area (Å²) in [5.41, 5.74) is 1.78. The second kappa shape index (κ2) is 10.3. The summed E-state index contributed by atoms with van der Waals surface area (Å²) in [6.07, 6.45) is -0.0735. The van der Waals surface area contributed by atoms with Crippen LogP contribution in [0.3, 0.4) is 0 Å². The summed E-state index contributed by atoms with van der Waals surface area (Å²) in [5, 5.41) is 2.51. The van der Waals surface area contributed by atoms with E-state index < -0.39 is 11.9 Å². The van der Waals surface area contributed by atoms with Crippen LogP contribution in [0.4, 0.5) is 25.8 Å². The number of carbonyl (C=O) groups excluding carboxylic acids is 2. The Labute approximate surface area is 193 Å². The first-order chi connectivity index (χ1) is 16.0. The zero-order valence-electron chi connectivity index (χ0n) is 17.2. The number of hydrogen-bond donors (Lipinski definition) is 1. The maximum atomic E-state index is 13.2. The van der Waals surface area contributed by atoms with Crippen molar-refractivity contribution in [2.75, 3.05) is 10.2 Å². The predicted octanol–water partition coefficient (Wildman–Crippen LogP) is 5.45. The van der Waals surface area contributed by atoms with E-state index in [0.717, 1.165) is 0 Å². The van der Waals surface area contributed by atoms with Crippen LogP contribution in [-0.2, 0) is 9.59 Å². The van der Waals surface area contributed by atoms with Gasteiger partial charge in [0.05, 0.1) is 11.4 Å². The monoisotopic (exact) mass is 467 g/mol. The van der Waals surface area contributed by atoms with Crippen molar-refractivity contribution < 1.29 is 23.1 Å². The number of amides is 2. The van der Waals surface area contributed by atoms with Crippen LogP contribution in [0.1, 0.15) is 6.42 Å². The average Bonchev–Trinajstić information content (AvgIpc) is 3.10. The summed E-state index contributed by atoms with van der Waals surface area (Å²) in [6.45, 7) is -2.92. The smallest absolute Gasteiger partial charge is 0.387 e. The highest BCUT2D eigenvalue weighted by Gasteiger charge is 2.40. The van der Waals surface area contributed by atoms with Gasteiger partial charge in [0.25, 0.3) is 0 Å². The first-order valence-electron chi connectivity index (χ1n) is 10.0. The van der Waals surface area contributed by atoms with Gasteiger partial charge in [-0.25, -0.2) is 4.99 Å². The van der Waals surface area contributed by atoms with E-state index in [1.807, 2.05) is 60.7 Å². The molecule has 1 aliphatic rings. The van der Waals surface area contributed by atoms with Crippen molar-refractivity contribution in [3.63, 3.8) is 0 Å². The molecule has 1 atom stereocenters. The van der Waals surface area contributed by atoms with Crippen LogP contribution in [0.5, 0.6) is 5.75 Å². The van der Waals surface area contributed by atoms with E-state index in [1.54, 1.807) is 0 Å². The molecular weight excluding hydrogens is 448 g/mol. The van der Waals surface area contributed by atoms with E-state index in [4.69, 9.17) is 0 Å². The number of benzene rings is 3. The number of carbonyl (C=O) groups is 2. The maximum absolute atomic E-state index is 13.2. The standard InChI is InChI=1S/C24H19F2N3O3S/c25-23(26)32-19-13-11-17(12-14-19)27-21(30)15-20-22(31)29(18-9-5-2-6-10-18)24(33-20)28-16-7-3-1-4-8-16/h1-14,20,23H,15H2,(H,27,30)/t20-/m1/s1. The molecule has 9 heteroatoms. The fraction of sp³-hybridized carbons (Fsp3) is 0.125. The minimum absolute atomic E-state index is 0.00945. The minimum atomic E-state index is -2.92. The molecule has 4 rings (SSSR count). The lowest BCUT2D eigenvalue weighted by Crippen LogP contribution is -2.33. The highest BCUT2D eigenvalue weighted by atomic mass is 32.2. The van der Waals surface area contributed by atoms with Gasteiger partial charge in [-0.15, -0.1) is 0 Å². The fourth-order valence-electron chi connectivity index (χ4n) is 3.20. The zero-order valence-corrected chi connectivity index (χ0v) is 18.0. The molecule has 3 aromatic rings.